The van der Waals surface area contributed by atoms with Crippen molar-refractivity contribution in [2.24, 2.45) is 17.8 Å². The third-order valence-corrected chi connectivity index (χ3v) is 5.77. The van der Waals surface area contributed by atoms with E-state index in [4.69, 9.17) is 4.98 Å². The lowest BCUT2D eigenvalue weighted by molar-refractivity contribution is -0.139. The second kappa shape index (κ2) is 6.79. The van der Waals surface area contributed by atoms with Gasteiger partial charge in [0.2, 0.25) is 0 Å². The van der Waals surface area contributed by atoms with Gasteiger partial charge in [-0.3, -0.25) is 4.79 Å². The van der Waals surface area contributed by atoms with E-state index in [1.54, 1.807) is 0 Å². The summed E-state index contributed by atoms with van der Waals surface area (Å²) < 4.78 is 0. The Balaban J connectivity index is 1.50. The van der Waals surface area contributed by atoms with Crippen LogP contribution in [0.2, 0.25) is 0 Å². The lowest BCUT2D eigenvalue weighted by Gasteiger charge is -2.38. The highest BCUT2D eigenvalue weighted by atomic mass is 16.4. The number of aliphatic carboxylic acids is 1. The number of piperidine rings is 1. The Morgan fingerprint density at radius 1 is 1.32 bits per heavy atom. The molecule has 2 aliphatic rings. The van der Waals surface area contributed by atoms with Crippen LogP contribution >= 0.6 is 0 Å². The maximum atomic E-state index is 11.3. The first-order valence-corrected chi connectivity index (χ1v) is 9.46. The smallest absolute Gasteiger partial charge is 0.303 e. The van der Waals surface area contributed by atoms with E-state index in [0.29, 0.717) is 5.92 Å². The lowest BCUT2D eigenvalue weighted by Crippen LogP contribution is -2.43. The van der Waals surface area contributed by atoms with Gasteiger partial charge < -0.3 is 15.0 Å². The molecule has 1 aromatic carbocycles. The minimum absolute atomic E-state index is 0.253. The Morgan fingerprint density at radius 3 is 2.92 bits per heavy atom. The van der Waals surface area contributed by atoms with Crippen LogP contribution in [0.5, 0.6) is 0 Å². The van der Waals surface area contributed by atoms with Crippen molar-refractivity contribution < 1.29 is 9.90 Å². The molecule has 1 saturated carbocycles. The fourth-order valence-corrected chi connectivity index (χ4v) is 4.23. The van der Waals surface area contributed by atoms with Crippen molar-refractivity contribution in [2.75, 3.05) is 19.6 Å². The van der Waals surface area contributed by atoms with E-state index in [2.05, 4.69) is 35.0 Å². The molecule has 0 amide bonds. The summed E-state index contributed by atoms with van der Waals surface area (Å²) in [5, 5.41) is 9.28. The summed E-state index contributed by atoms with van der Waals surface area (Å²) in [5.74, 6) is 1.82. The number of likely N-dealkylation sites (tertiary alicyclic amines) is 1. The highest BCUT2D eigenvalue weighted by molar-refractivity contribution is 5.75. The molecule has 4 rings (SSSR count). The molecule has 1 aliphatic carbocycles. The Labute approximate surface area is 148 Å². The first-order chi connectivity index (χ1) is 12.1. The summed E-state index contributed by atoms with van der Waals surface area (Å²) in [5.41, 5.74) is 3.30. The third kappa shape index (κ3) is 4.03. The van der Waals surface area contributed by atoms with E-state index in [-0.39, 0.29) is 12.3 Å². The number of carboxylic acids is 1. The number of H-pyrrole nitrogens is 1. The first-order valence-electron chi connectivity index (χ1n) is 9.46. The SMILES string of the molecule is Cc1ccc2nc(C[C@H]3CN(CC4CC4)CC[C@H]3CC(=O)O)[nH]c2c1. The molecule has 2 fully saturated rings. The minimum atomic E-state index is -0.675. The molecule has 0 radical (unpaired) electrons. The Kier molecular flexibility index (Phi) is 4.50. The molecular weight excluding hydrogens is 314 g/mol. The van der Waals surface area contributed by atoms with Crippen LogP contribution in [0, 0.1) is 24.7 Å². The molecular formula is C20H27N3O2. The van der Waals surface area contributed by atoms with Crippen LogP contribution in [0.4, 0.5) is 0 Å². The fourth-order valence-electron chi connectivity index (χ4n) is 4.23. The number of aromatic nitrogens is 2. The molecule has 5 nitrogen and oxygen atoms in total. The maximum Gasteiger partial charge on any atom is 0.303 e. The molecule has 0 unspecified atom stereocenters. The van der Waals surface area contributed by atoms with Crippen LogP contribution in [-0.4, -0.2) is 45.6 Å². The van der Waals surface area contributed by atoms with Gasteiger partial charge in [-0.1, -0.05) is 6.07 Å². The number of benzene rings is 1. The van der Waals surface area contributed by atoms with Crippen LogP contribution < -0.4 is 0 Å². The summed E-state index contributed by atoms with van der Waals surface area (Å²) >= 11 is 0. The number of nitrogens with zero attached hydrogens (tertiary/aromatic N) is 2. The predicted octanol–water partition coefficient (Wildman–Crippen LogP) is 3.24. The van der Waals surface area contributed by atoms with E-state index in [0.717, 1.165) is 48.7 Å². The number of aromatic amines is 1. The minimum Gasteiger partial charge on any atom is -0.481 e. The number of hydrogen-bond acceptors (Lipinski definition) is 3. The van der Waals surface area contributed by atoms with Gasteiger partial charge in [0.25, 0.3) is 0 Å². The topological polar surface area (TPSA) is 69.2 Å². The zero-order valence-electron chi connectivity index (χ0n) is 14.9. The van der Waals surface area contributed by atoms with Crippen molar-refractivity contribution in [3.63, 3.8) is 0 Å². The Morgan fingerprint density at radius 2 is 2.16 bits per heavy atom. The molecule has 2 aromatic rings. The van der Waals surface area contributed by atoms with Crippen LogP contribution in [0.15, 0.2) is 18.2 Å². The number of nitrogens with one attached hydrogen (secondary N) is 1. The largest absolute Gasteiger partial charge is 0.481 e. The van der Waals surface area contributed by atoms with Gasteiger partial charge in [-0.05, 0) is 68.2 Å². The second-order valence-electron chi connectivity index (χ2n) is 8.02. The van der Waals surface area contributed by atoms with Crippen molar-refractivity contribution in [3.8, 4) is 0 Å². The van der Waals surface area contributed by atoms with E-state index in [1.807, 2.05) is 0 Å². The van der Waals surface area contributed by atoms with Gasteiger partial charge in [0.15, 0.2) is 0 Å². The van der Waals surface area contributed by atoms with Gasteiger partial charge in [0, 0.05) is 25.9 Å². The first kappa shape index (κ1) is 16.6. The fraction of sp³-hybridized carbons (Fsp3) is 0.600. The van der Waals surface area contributed by atoms with Crippen molar-refractivity contribution >= 4 is 17.0 Å². The van der Waals surface area contributed by atoms with Crippen molar-refractivity contribution in [2.45, 2.75) is 39.0 Å². The highest BCUT2D eigenvalue weighted by Gasteiger charge is 2.34. The average Bonchev–Trinajstić information content (AvgIpc) is 3.27. The number of aryl methyl sites for hydroxylation is 1. The molecule has 1 aliphatic heterocycles. The second-order valence-corrected chi connectivity index (χ2v) is 8.02. The van der Waals surface area contributed by atoms with Gasteiger partial charge >= 0.3 is 5.97 Å². The molecule has 2 heterocycles. The van der Waals surface area contributed by atoms with E-state index >= 15 is 0 Å². The molecule has 5 heteroatoms. The van der Waals surface area contributed by atoms with Gasteiger partial charge in [-0.2, -0.15) is 0 Å². The van der Waals surface area contributed by atoms with Gasteiger partial charge in [0.1, 0.15) is 5.82 Å². The van der Waals surface area contributed by atoms with Crippen LogP contribution in [0.25, 0.3) is 11.0 Å². The quantitative estimate of drug-likeness (QED) is 0.846. The Bertz CT molecular complexity index is 765. The monoisotopic (exact) mass is 341 g/mol. The normalized spacial score (nSPS) is 24.7. The van der Waals surface area contributed by atoms with Crippen molar-refractivity contribution in [1.29, 1.82) is 0 Å². The Hall–Kier alpha value is -1.88. The highest BCUT2D eigenvalue weighted by Crippen LogP contribution is 2.34. The summed E-state index contributed by atoms with van der Waals surface area (Å²) in [6.45, 7) is 5.32. The average molecular weight is 341 g/mol. The molecule has 25 heavy (non-hydrogen) atoms. The van der Waals surface area contributed by atoms with Crippen LogP contribution in [0.1, 0.15) is 37.1 Å². The van der Waals surface area contributed by atoms with E-state index in [1.165, 1.54) is 24.9 Å². The zero-order chi connectivity index (χ0) is 17.4. The zero-order valence-corrected chi connectivity index (χ0v) is 14.9. The number of carboxylic acid groups (broad SMARTS) is 1. The summed E-state index contributed by atoms with van der Waals surface area (Å²) in [4.78, 5) is 22.0. The van der Waals surface area contributed by atoms with Gasteiger partial charge in [0.05, 0.1) is 11.0 Å². The third-order valence-electron chi connectivity index (χ3n) is 5.77. The number of imidazole rings is 1. The van der Waals surface area contributed by atoms with Crippen LogP contribution in [-0.2, 0) is 11.2 Å². The molecule has 0 spiro atoms. The maximum absolute atomic E-state index is 11.3. The summed E-state index contributed by atoms with van der Waals surface area (Å²) in [6, 6.07) is 6.26. The summed E-state index contributed by atoms with van der Waals surface area (Å²) in [6.07, 6.45) is 4.84. The molecule has 134 valence electrons. The molecule has 2 atom stereocenters. The molecule has 0 bridgehead atoms. The lowest BCUT2D eigenvalue weighted by atomic mass is 9.81. The van der Waals surface area contributed by atoms with Crippen molar-refractivity contribution in [1.82, 2.24) is 14.9 Å². The van der Waals surface area contributed by atoms with Crippen LogP contribution in [0.3, 0.4) is 0 Å². The molecule has 1 aromatic heterocycles. The molecule has 2 N–H and O–H groups in total. The summed E-state index contributed by atoms with van der Waals surface area (Å²) in [7, 11) is 0. The van der Waals surface area contributed by atoms with Gasteiger partial charge in [-0.15, -0.1) is 0 Å². The number of hydrogen-bond donors (Lipinski definition) is 2. The number of carbonyl (C=O) groups is 1. The number of rotatable bonds is 6. The molecule has 1 saturated heterocycles. The standard InChI is InChI=1S/C20H27N3O2/c1-13-2-5-17-18(8-13)22-19(21-17)9-16-12-23(11-14-3-4-14)7-6-15(16)10-20(24)25/h2,5,8,14-16H,3-4,6-7,9-12H2,1H3,(H,21,22)(H,24,25)/t15-,16-/m0/s1. The number of fused-ring (bicyclic) bond motifs is 1. The van der Waals surface area contributed by atoms with E-state index in [9.17, 15) is 9.90 Å². The van der Waals surface area contributed by atoms with E-state index < -0.39 is 5.97 Å². The van der Waals surface area contributed by atoms with Crippen molar-refractivity contribution in [3.05, 3.63) is 29.6 Å². The van der Waals surface area contributed by atoms with Gasteiger partial charge in [-0.25, -0.2) is 4.98 Å². The predicted molar refractivity (Wildman–Crippen MR) is 97.5 cm³/mol.